The van der Waals surface area contributed by atoms with Crippen LogP contribution in [0.15, 0.2) is 18.2 Å². The number of rotatable bonds is 6. The van der Waals surface area contributed by atoms with Gasteiger partial charge in [0.15, 0.2) is 11.5 Å². The van der Waals surface area contributed by atoms with Crippen molar-refractivity contribution in [3.63, 3.8) is 0 Å². The van der Waals surface area contributed by atoms with E-state index >= 15 is 0 Å². The van der Waals surface area contributed by atoms with Crippen LogP contribution in [-0.4, -0.2) is 48.2 Å². The number of hydrogen-bond acceptors (Lipinski definition) is 4. The fourth-order valence-corrected chi connectivity index (χ4v) is 2.94. The maximum absolute atomic E-state index is 12.2. The van der Waals surface area contributed by atoms with Crippen molar-refractivity contribution >= 4 is 29.6 Å². The Labute approximate surface area is 145 Å². The molecule has 1 aliphatic rings. The van der Waals surface area contributed by atoms with E-state index in [0.29, 0.717) is 48.1 Å². The highest BCUT2D eigenvalue weighted by Crippen LogP contribution is 2.36. The van der Waals surface area contributed by atoms with E-state index < -0.39 is 12.0 Å². The molecule has 0 saturated carbocycles. The highest BCUT2D eigenvalue weighted by molar-refractivity contribution is 6.32. The first kappa shape index (κ1) is 18.1. The lowest BCUT2D eigenvalue weighted by Gasteiger charge is -2.19. The van der Waals surface area contributed by atoms with Gasteiger partial charge in [-0.2, -0.15) is 0 Å². The van der Waals surface area contributed by atoms with Gasteiger partial charge in [-0.1, -0.05) is 11.6 Å². The molecule has 1 unspecified atom stereocenters. The van der Waals surface area contributed by atoms with Gasteiger partial charge in [0.25, 0.3) is 0 Å². The Hall–Kier alpha value is -2.21. The maximum Gasteiger partial charge on any atom is 0.326 e. The van der Waals surface area contributed by atoms with E-state index in [0.717, 1.165) is 0 Å². The van der Waals surface area contributed by atoms with Gasteiger partial charge in [0.1, 0.15) is 6.04 Å². The minimum atomic E-state index is -0.972. The van der Waals surface area contributed by atoms with Crippen LogP contribution in [0.2, 0.25) is 5.02 Å². The van der Waals surface area contributed by atoms with Crippen molar-refractivity contribution in [2.24, 2.45) is 0 Å². The van der Waals surface area contributed by atoms with Gasteiger partial charge in [-0.3, -0.25) is 4.79 Å². The third kappa shape index (κ3) is 4.00. The Morgan fingerprint density at radius 3 is 2.83 bits per heavy atom. The smallest absolute Gasteiger partial charge is 0.326 e. The number of aliphatic carboxylic acids is 1. The van der Waals surface area contributed by atoms with Crippen molar-refractivity contribution in [3.05, 3.63) is 28.8 Å². The topological polar surface area (TPSA) is 76.1 Å². The number of carboxylic acids is 1. The SMILES string of the molecule is CCOc1c(Cl)cc(/C=C/C(=O)N2CCCC2C(=O)O)cc1OC. The summed E-state index contributed by atoms with van der Waals surface area (Å²) in [5, 5.41) is 9.52. The molecule has 1 heterocycles. The van der Waals surface area contributed by atoms with Crippen LogP contribution in [0.5, 0.6) is 11.5 Å². The predicted octanol–water partition coefficient (Wildman–Crippen LogP) is 2.84. The van der Waals surface area contributed by atoms with Gasteiger partial charge in [-0.05, 0) is 43.5 Å². The first-order valence-electron chi connectivity index (χ1n) is 7.69. The first-order chi connectivity index (χ1) is 11.5. The minimum absolute atomic E-state index is 0.330. The molecule has 1 N–H and O–H groups in total. The zero-order valence-corrected chi connectivity index (χ0v) is 14.4. The van der Waals surface area contributed by atoms with Crippen LogP contribution in [0.25, 0.3) is 6.08 Å². The standard InChI is InChI=1S/C17H20ClNO5/c1-3-24-16-12(18)9-11(10-14(16)23-2)6-7-15(20)19-8-4-5-13(19)17(21)22/h6-7,9-10,13H,3-5,8H2,1-2H3,(H,21,22)/b7-6+. The minimum Gasteiger partial charge on any atom is -0.493 e. The fourth-order valence-electron chi connectivity index (χ4n) is 2.67. The van der Waals surface area contributed by atoms with Crippen LogP contribution in [0.1, 0.15) is 25.3 Å². The monoisotopic (exact) mass is 353 g/mol. The lowest BCUT2D eigenvalue weighted by molar-refractivity contribution is -0.146. The Kier molecular flexibility index (Phi) is 6.09. The largest absolute Gasteiger partial charge is 0.493 e. The molecule has 7 heteroatoms. The van der Waals surface area contributed by atoms with E-state index in [1.54, 1.807) is 18.2 Å². The highest BCUT2D eigenvalue weighted by Gasteiger charge is 2.32. The molecule has 0 bridgehead atoms. The average molecular weight is 354 g/mol. The highest BCUT2D eigenvalue weighted by atomic mass is 35.5. The third-order valence-corrected chi connectivity index (χ3v) is 4.06. The van der Waals surface area contributed by atoms with Crippen molar-refractivity contribution in [1.82, 2.24) is 4.90 Å². The summed E-state index contributed by atoms with van der Waals surface area (Å²) < 4.78 is 10.7. The second-order valence-corrected chi connectivity index (χ2v) is 5.74. The van der Waals surface area contributed by atoms with Crippen LogP contribution in [0, 0.1) is 0 Å². The Bertz CT molecular complexity index is 659. The van der Waals surface area contributed by atoms with E-state index in [2.05, 4.69) is 0 Å². The normalized spacial score (nSPS) is 17.3. The molecule has 1 atom stereocenters. The van der Waals surface area contributed by atoms with Gasteiger partial charge in [0.2, 0.25) is 5.91 Å². The lowest BCUT2D eigenvalue weighted by atomic mass is 10.1. The van der Waals surface area contributed by atoms with Gasteiger partial charge in [0, 0.05) is 12.6 Å². The molecule has 0 spiro atoms. The van der Waals surface area contributed by atoms with Gasteiger partial charge in [-0.15, -0.1) is 0 Å². The summed E-state index contributed by atoms with van der Waals surface area (Å²) in [6, 6.07) is 2.62. The Morgan fingerprint density at radius 2 is 2.21 bits per heavy atom. The van der Waals surface area contributed by atoms with Crippen LogP contribution in [0.4, 0.5) is 0 Å². The van der Waals surface area contributed by atoms with E-state index in [-0.39, 0.29) is 5.91 Å². The number of carboxylic acid groups (broad SMARTS) is 1. The van der Waals surface area contributed by atoms with Gasteiger partial charge in [-0.25, -0.2) is 4.79 Å². The number of carbonyl (C=O) groups excluding carboxylic acids is 1. The molecule has 2 rings (SSSR count). The number of nitrogens with zero attached hydrogens (tertiary/aromatic N) is 1. The number of carbonyl (C=O) groups is 2. The second-order valence-electron chi connectivity index (χ2n) is 5.33. The molecule has 1 aromatic rings. The molecule has 1 fully saturated rings. The average Bonchev–Trinajstić information content (AvgIpc) is 3.04. The summed E-state index contributed by atoms with van der Waals surface area (Å²) in [6.45, 7) is 2.75. The van der Waals surface area contributed by atoms with Crippen molar-refractivity contribution < 1.29 is 24.2 Å². The third-order valence-electron chi connectivity index (χ3n) is 3.78. The van der Waals surface area contributed by atoms with Crippen LogP contribution < -0.4 is 9.47 Å². The summed E-state index contributed by atoms with van der Waals surface area (Å²) in [6.07, 6.45) is 4.12. The van der Waals surface area contributed by atoms with E-state index in [1.807, 2.05) is 6.92 Å². The quantitative estimate of drug-likeness (QED) is 0.796. The molecule has 130 valence electrons. The number of benzene rings is 1. The number of ether oxygens (including phenoxy) is 2. The second kappa shape index (κ2) is 8.06. The van der Waals surface area contributed by atoms with E-state index in [4.69, 9.17) is 26.2 Å². The van der Waals surface area contributed by atoms with Gasteiger partial charge < -0.3 is 19.5 Å². The van der Waals surface area contributed by atoms with E-state index in [1.165, 1.54) is 18.1 Å². The molecular weight excluding hydrogens is 334 g/mol. The maximum atomic E-state index is 12.2. The predicted molar refractivity (Wildman–Crippen MR) is 90.6 cm³/mol. The van der Waals surface area contributed by atoms with Crippen LogP contribution in [0.3, 0.4) is 0 Å². The molecule has 24 heavy (non-hydrogen) atoms. The van der Waals surface area contributed by atoms with Crippen molar-refractivity contribution in [1.29, 1.82) is 0 Å². The fraction of sp³-hybridized carbons (Fsp3) is 0.412. The number of halogens is 1. The Balaban J connectivity index is 2.18. The van der Waals surface area contributed by atoms with Crippen molar-refractivity contribution in [2.45, 2.75) is 25.8 Å². The summed E-state index contributed by atoms with van der Waals surface area (Å²) in [7, 11) is 1.51. The molecule has 1 aromatic carbocycles. The molecule has 1 aliphatic heterocycles. The summed E-state index contributed by atoms with van der Waals surface area (Å²) >= 11 is 6.19. The molecule has 6 nitrogen and oxygen atoms in total. The van der Waals surface area contributed by atoms with Crippen molar-refractivity contribution in [3.8, 4) is 11.5 Å². The number of methoxy groups -OCH3 is 1. The molecule has 1 amide bonds. The van der Waals surface area contributed by atoms with Crippen molar-refractivity contribution in [2.75, 3.05) is 20.3 Å². The van der Waals surface area contributed by atoms with Gasteiger partial charge in [0.05, 0.1) is 18.7 Å². The molecule has 1 saturated heterocycles. The first-order valence-corrected chi connectivity index (χ1v) is 8.07. The number of hydrogen-bond donors (Lipinski definition) is 1. The van der Waals surface area contributed by atoms with Crippen LogP contribution >= 0.6 is 11.6 Å². The molecule has 0 aliphatic carbocycles. The zero-order chi connectivity index (χ0) is 17.7. The zero-order valence-electron chi connectivity index (χ0n) is 13.6. The summed E-state index contributed by atoms with van der Waals surface area (Å²) in [5.41, 5.74) is 0.666. The number of amides is 1. The molecule has 0 aromatic heterocycles. The lowest BCUT2D eigenvalue weighted by Crippen LogP contribution is -2.39. The van der Waals surface area contributed by atoms with Gasteiger partial charge >= 0.3 is 5.97 Å². The van der Waals surface area contributed by atoms with Crippen LogP contribution in [-0.2, 0) is 9.59 Å². The molecule has 0 radical (unpaired) electrons. The summed E-state index contributed by atoms with van der Waals surface area (Å²) in [5.74, 6) is -0.374. The summed E-state index contributed by atoms with van der Waals surface area (Å²) in [4.78, 5) is 24.7. The number of likely N-dealkylation sites (tertiary alicyclic amines) is 1. The molecular formula is C17H20ClNO5. The van der Waals surface area contributed by atoms with E-state index in [9.17, 15) is 9.59 Å². The Morgan fingerprint density at radius 1 is 1.46 bits per heavy atom.